The first-order chi connectivity index (χ1) is 14.0. The van der Waals surface area contributed by atoms with Crippen molar-refractivity contribution in [3.8, 4) is 0 Å². The lowest BCUT2D eigenvalue weighted by Crippen LogP contribution is -2.32. The van der Waals surface area contributed by atoms with Crippen molar-refractivity contribution < 1.29 is 17.9 Å². The number of rotatable bonds is 6. The zero-order chi connectivity index (χ0) is 20.3. The van der Waals surface area contributed by atoms with Crippen molar-refractivity contribution in [1.82, 2.24) is 10.0 Å². The van der Waals surface area contributed by atoms with E-state index in [2.05, 4.69) is 16.1 Å². The van der Waals surface area contributed by atoms with Gasteiger partial charge >= 0.3 is 0 Å². The molecule has 154 valence electrons. The monoisotopic (exact) mass is 432 g/mol. The SMILES string of the molecule is O=C(N[C@H]1CCSc2ccccc21)c1cccc(S(=O)(=O)NC[C@H]2CCCO2)c1. The normalized spacial score (nSPS) is 21.5. The number of ether oxygens (including phenoxy) is 1. The van der Waals surface area contributed by atoms with Crippen molar-refractivity contribution in [2.75, 3.05) is 18.9 Å². The highest BCUT2D eigenvalue weighted by Crippen LogP contribution is 2.35. The van der Waals surface area contributed by atoms with E-state index in [4.69, 9.17) is 4.74 Å². The predicted molar refractivity (Wildman–Crippen MR) is 113 cm³/mol. The lowest BCUT2D eigenvalue weighted by molar-refractivity contribution is 0.0934. The number of carbonyl (C=O) groups is 1. The first-order valence-corrected chi connectivity index (χ1v) is 12.2. The summed E-state index contributed by atoms with van der Waals surface area (Å²) < 4.78 is 33.3. The zero-order valence-electron chi connectivity index (χ0n) is 16.0. The summed E-state index contributed by atoms with van der Waals surface area (Å²) in [6, 6.07) is 14.1. The van der Waals surface area contributed by atoms with E-state index >= 15 is 0 Å². The zero-order valence-corrected chi connectivity index (χ0v) is 17.6. The second-order valence-corrected chi connectivity index (χ2v) is 10.1. The Kier molecular flexibility index (Phi) is 6.24. The van der Waals surface area contributed by atoms with Crippen LogP contribution in [0.1, 0.15) is 41.2 Å². The summed E-state index contributed by atoms with van der Waals surface area (Å²) in [5.41, 5.74) is 1.44. The van der Waals surface area contributed by atoms with E-state index in [0.29, 0.717) is 12.2 Å². The average molecular weight is 433 g/mol. The molecular formula is C21H24N2O4S2. The second kappa shape index (κ2) is 8.87. The molecule has 2 N–H and O–H groups in total. The minimum absolute atomic E-state index is 0.0714. The number of sulfonamides is 1. The van der Waals surface area contributed by atoms with E-state index in [-0.39, 0.29) is 29.5 Å². The first-order valence-electron chi connectivity index (χ1n) is 9.77. The molecule has 4 rings (SSSR count). The van der Waals surface area contributed by atoms with Crippen molar-refractivity contribution in [3.05, 3.63) is 59.7 Å². The average Bonchev–Trinajstić information content (AvgIpc) is 3.26. The molecular weight excluding hydrogens is 408 g/mol. The predicted octanol–water partition coefficient (Wildman–Crippen LogP) is 3.11. The number of hydrogen-bond donors (Lipinski definition) is 2. The summed E-state index contributed by atoms with van der Waals surface area (Å²) in [6.07, 6.45) is 2.56. The molecule has 29 heavy (non-hydrogen) atoms. The van der Waals surface area contributed by atoms with Gasteiger partial charge in [0.05, 0.1) is 17.0 Å². The van der Waals surface area contributed by atoms with E-state index < -0.39 is 10.0 Å². The van der Waals surface area contributed by atoms with Gasteiger partial charge in [0.1, 0.15) is 0 Å². The number of carbonyl (C=O) groups excluding carboxylic acids is 1. The molecule has 0 aliphatic carbocycles. The van der Waals surface area contributed by atoms with Gasteiger partial charge in [-0.1, -0.05) is 24.3 Å². The number of fused-ring (bicyclic) bond motifs is 1. The molecule has 2 aromatic rings. The van der Waals surface area contributed by atoms with Crippen LogP contribution in [0.4, 0.5) is 0 Å². The van der Waals surface area contributed by atoms with Gasteiger partial charge in [-0.25, -0.2) is 13.1 Å². The molecule has 0 bridgehead atoms. The number of benzene rings is 2. The third kappa shape index (κ3) is 4.83. The summed E-state index contributed by atoms with van der Waals surface area (Å²) >= 11 is 1.79. The summed E-state index contributed by atoms with van der Waals surface area (Å²) in [7, 11) is -3.70. The number of hydrogen-bond acceptors (Lipinski definition) is 5. The molecule has 0 radical (unpaired) electrons. The van der Waals surface area contributed by atoms with Crippen LogP contribution >= 0.6 is 11.8 Å². The third-order valence-electron chi connectivity index (χ3n) is 5.20. The molecule has 0 saturated carbocycles. The minimum atomic E-state index is -3.70. The molecule has 2 aliphatic heterocycles. The van der Waals surface area contributed by atoms with Gasteiger partial charge < -0.3 is 10.1 Å². The maximum absolute atomic E-state index is 12.8. The van der Waals surface area contributed by atoms with Gasteiger partial charge in [-0.3, -0.25) is 4.79 Å². The molecule has 1 fully saturated rings. The highest BCUT2D eigenvalue weighted by Gasteiger charge is 2.24. The fourth-order valence-corrected chi connectivity index (χ4v) is 5.87. The smallest absolute Gasteiger partial charge is 0.251 e. The maximum atomic E-state index is 12.8. The molecule has 2 atom stereocenters. The molecule has 8 heteroatoms. The standard InChI is InChI=1S/C21H24N2O4S2/c24-21(23-19-10-12-28-20-9-2-1-8-18(19)20)15-5-3-7-17(13-15)29(25,26)22-14-16-6-4-11-27-16/h1-3,5,7-9,13,16,19,22H,4,6,10-12,14H2,(H,23,24)/t16-,19+/m1/s1. The summed E-state index contributed by atoms with van der Waals surface area (Å²) in [4.78, 5) is 14.1. The van der Waals surface area contributed by atoms with Gasteiger partial charge in [-0.2, -0.15) is 0 Å². The number of thioether (sulfide) groups is 1. The fraction of sp³-hybridized carbons (Fsp3) is 0.381. The molecule has 2 aliphatic rings. The molecule has 1 amide bonds. The fourth-order valence-electron chi connectivity index (χ4n) is 3.63. The Hall–Kier alpha value is -1.87. The molecule has 6 nitrogen and oxygen atoms in total. The Morgan fingerprint density at radius 1 is 1.14 bits per heavy atom. The van der Waals surface area contributed by atoms with E-state index in [1.165, 1.54) is 17.0 Å². The Balaban J connectivity index is 1.46. The van der Waals surface area contributed by atoms with Crippen LogP contribution in [0.5, 0.6) is 0 Å². The van der Waals surface area contributed by atoms with Gasteiger partial charge in [0.2, 0.25) is 10.0 Å². The van der Waals surface area contributed by atoms with Crippen LogP contribution in [-0.2, 0) is 14.8 Å². The van der Waals surface area contributed by atoms with Gasteiger partial charge in [-0.15, -0.1) is 11.8 Å². The van der Waals surface area contributed by atoms with Crippen LogP contribution in [0, 0.1) is 0 Å². The van der Waals surface area contributed by atoms with Gasteiger partial charge in [0.15, 0.2) is 0 Å². The molecule has 2 heterocycles. The summed E-state index contributed by atoms with van der Waals surface area (Å²) in [5, 5.41) is 3.06. The number of amides is 1. The van der Waals surface area contributed by atoms with E-state index in [1.807, 2.05) is 18.2 Å². The highest BCUT2D eigenvalue weighted by atomic mass is 32.2. The first kappa shape index (κ1) is 20.4. The van der Waals surface area contributed by atoms with Crippen LogP contribution in [0.25, 0.3) is 0 Å². The Labute approximate surface area is 175 Å². The second-order valence-electron chi connectivity index (χ2n) is 7.22. The van der Waals surface area contributed by atoms with Gasteiger partial charge in [-0.05, 0) is 49.1 Å². The lowest BCUT2D eigenvalue weighted by atomic mass is 10.0. The topological polar surface area (TPSA) is 84.5 Å². The maximum Gasteiger partial charge on any atom is 0.251 e. The van der Waals surface area contributed by atoms with E-state index in [0.717, 1.165) is 30.6 Å². The molecule has 0 unspecified atom stereocenters. The minimum Gasteiger partial charge on any atom is -0.377 e. The Bertz CT molecular complexity index is 988. The van der Waals surface area contributed by atoms with Gasteiger partial charge in [0.25, 0.3) is 5.91 Å². The van der Waals surface area contributed by atoms with Crippen LogP contribution < -0.4 is 10.0 Å². The molecule has 1 saturated heterocycles. The van der Waals surface area contributed by atoms with Crippen LogP contribution in [0.3, 0.4) is 0 Å². The van der Waals surface area contributed by atoms with Crippen LogP contribution in [0.2, 0.25) is 0 Å². The number of nitrogens with one attached hydrogen (secondary N) is 2. The molecule has 0 spiro atoms. The van der Waals surface area contributed by atoms with E-state index in [1.54, 1.807) is 23.9 Å². The van der Waals surface area contributed by atoms with Crippen LogP contribution in [-0.4, -0.2) is 39.3 Å². The van der Waals surface area contributed by atoms with Gasteiger partial charge in [0, 0.05) is 29.4 Å². The van der Waals surface area contributed by atoms with Crippen LogP contribution in [0.15, 0.2) is 58.3 Å². The quantitative estimate of drug-likeness (QED) is 0.733. The largest absolute Gasteiger partial charge is 0.377 e. The van der Waals surface area contributed by atoms with Crippen molar-refractivity contribution in [1.29, 1.82) is 0 Å². The van der Waals surface area contributed by atoms with E-state index in [9.17, 15) is 13.2 Å². The lowest BCUT2D eigenvalue weighted by Gasteiger charge is -2.26. The van der Waals surface area contributed by atoms with Crippen molar-refractivity contribution >= 4 is 27.7 Å². The molecule has 2 aromatic carbocycles. The van der Waals surface area contributed by atoms with Crippen molar-refractivity contribution in [3.63, 3.8) is 0 Å². The highest BCUT2D eigenvalue weighted by molar-refractivity contribution is 7.99. The third-order valence-corrected chi connectivity index (χ3v) is 7.74. The Morgan fingerprint density at radius 2 is 2.00 bits per heavy atom. The van der Waals surface area contributed by atoms with Crippen molar-refractivity contribution in [2.45, 2.75) is 41.2 Å². The molecule has 0 aromatic heterocycles. The Morgan fingerprint density at radius 3 is 2.83 bits per heavy atom. The summed E-state index contributed by atoms with van der Waals surface area (Å²) in [6.45, 7) is 0.917. The summed E-state index contributed by atoms with van der Waals surface area (Å²) in [5.74, 6) is 0.664. The van der Waals surface area contributed by atoms with Crippen molar-refractivity contribution in [2.24, 2.45) is 0 Å².